The molecule has 0 spiro atoms. The Balaban J connectivity index is 2.19. The Morgan fingerprint density at radius 2 is 1.71 bits per heavy atom. The molecule has 4 nitrogen and oxygen atoms in total. The zero-order valence-corrected chi connectivity index (χ0v) is 13.1. The third-order valence-corrected chi connectivity index (χ3v) is 4.21. The maximum Gasteiger partial charge on any atom is 0.241 e. The van der Waals surface area contributed by atoms with E-state index in [1.54, 1.807) is 6.07 Å². The maximum absolute atomic E-state index is 11.5. The topological polar surface area (TPSA) is 69.4 Å². The van der Waals surface area contributed by atoms with Crippen molar-refractivity contribution in [2.45, 2.75) is 24.8 Å². The summed E-state index contributed by atoms with van der Waals surface area (Å²) in [5.41, 5.74) is 2.18. The lowest BCUT2D eigenvalue weighted by molar-refractivity contribution is 0.298. The molecule has 0 aliphatic rings. The van der Waals surface area contributed by atoms with Gasteiger partial charge in [-0.3, -0.25) is 0 Å². The van der Waals surface area contributed by atoms with Crippen LogP contribution in [0.3, 0.4) is 0 Å². The van der Waals surface area contributed by atoms with E-state index in [1.165, 1.54) is 17.7 Å². The highest BCUT2D eigenvalue weighted by atomic mass is 35.5. The number of hydrogen-bond donors (Lipinski definition) is 1. The molecule has 2 aromatic carbocycles. The molecular formula is C15H16ClNO3S. The van der Waals surface area contributed by atoms with Crippen LogP contribution in [0.2, 0.25) is 5.02 Å². The van der Waals surface area contributed by atoms with Crippen molar-refractivity contribution in [1.29, 1.82) is 0 Å². The Morgan fingerprint density at radius 3 is 2.29 bits per heavy atom. The fourth-order valence-corrected chi connectivity index (χ4v) is 2.79. The van der Waals surface area contributed by atoms with E-state index in [9.17, 15) is 8.42 Å². The van der Waals surface area contributed by atoms with Crippen LogP contribution in [-0.2, 0) is 23.1 Å². The number of nitrogens with two attached hydrogens (primary N) is 1. The molecule has 0 saturated carbocycles. The number of aryl methyl sites for hydroxylation is 1. The molecule has 6 heteroatoms. The summed E-state index contributed by atoms with van der Waals surface area (Å²) in [5.74, 6) is 0.196. The van der Waals surface area contributed by atoms with Crippen molar-refractivity contribution in [3.8, 4) is 5.75 Å². The van der Waals surface area contributed by atoms with Gasteiger partial charge in [0.1, 0.15) is 17.3 Å². The molecule has 0 fully saturated rings. The fourth-order valence-electron chi connectivity index (χ4n) is 1.86. The number of sulfonamides is 1. The highest BCUT2D eigenvalue weighted by Gasteiger charge is 2.16. The average Bonchev–Trinajstić information content (AvgIpc) is 2.45. The fraction of sp³-hybridized carbons (Fsp3) is 0.200. The first-order chi connectivity index (χ1) is 9.90. The van der Waals surface area contributed by atoms with E-state index in [-0.39, 0.29) is 17.3 Å². The van der Waals surface area contributed by atoms with Crippen molar-refractivity contribution in [1.82, 2.24) is 0 Å². The van der Waals surface area contributed by atoms with E-state index in [4.69, 9.17) is 21.5 Å². The van der Waals surface area contributed by atoms with E-state index < -0.39 is 10.0 Å². The van der Waals surface area contributed by atoms with E-state index in [0.717, 1.165) is 12.0 Å². The Kier molecular flexibility index (Phi) is 4.88. The van der Waals surface area contributed by atoms with Crippen LogP contribution in [-0.4, -0.2) is 8.42 Å². The molecule has 0 aromatic heterocycles. The second-order valence-electron chi connectivity index (χ2n) is 4.59. The minimum atomic E-state index is -3.88. The van der Waals surface area contributed by atoms with Crippen LogP contribution in [0.15, 0.2) is 47.4 Å². The molecule has 0 amide bonds. The van der Waals surface area contributed by atoms with E-state index in [0.29, 0.717) is 5.02 Å². The third kappa shape index (κ3) is 4.20. The minimum Gasteiger partial charge on any atom is -0.487 e. The van der Waals surface area contributed by atoms with Gasteiger partial charge in [-0.2, -0.15) is 0 Å². The maximum atomic E-state index is 11.5. The predicted octanol–water partition coefficient (Wildman–Crippen LogP) is 3.13. The average molecular weight is 326 g/mol. The number of rotatable bonds is 5. The highest BCUT2D eigenvalue weighted by Crippen LogP contribution is 2.27. The van der Waals surface area contributed by atoms with Gasteiger partial charge in [-0.15, -0.1) is 0 Å². The first-order valence-electron chi connectivity index (χ1n) is 6.43. The normalized spacial score (nSPS) is 11.4. The zero-order valence-electron chi connectivity index (χ0n) is 11.5. The van der Waals surface area contributed by atoms with Gasteiger partial charge in [-0.1, -0.05) is 42.8 Å². The molecular weight excluding hydrogens is 310 g/mol. The zero-order chi connectivity index (χ0) is 15.5. The van der Waals surface area contributed by atoms with Gasteiger partial charge < -0.3 is 4.74 Å². The van der Waals surface area contributed by atoms with E-state index in [1.807, 2.05) is 24.3 Å². The summed E-state index contributed by atoms with van der Waals surface area (Å²) in [7, 11) is -3.88. The Labute approximate surface area is 129 Å². The second kappa shape index (κ2) is 6.47. The summed E-state index contributed by atoms with van der Waals surface area (Å²) in [6, 6.07) is 12.3. The SMILES string of the molecule is CCc1ccc(COc2ccc(Cl)cc2S(N)(=O)=O)cc1. The number of ether oxygens (including phenoxy) is 1. The Hall–Kier alpha value is -1.56. The van der Waals surface area contributed by atoms with Crippen LogP contribution >= 0.6 is 11.6 Å². The lowest BCUT2D eigenvalue weighted by Gasteiger charge is -2.11. The minimum absolute atomic E-state index is 0.111. The Morgan fingerprint density at radius 1 is 1.10 bits per heavy atom. The van der Waals surface area contributed by atoms with Gasteiger partial charge in [0.2, 0.25) is 10.0 Å². The molecule has 0 radical (unpaired) electrons. The van der Waals surface area contributed by atoms with Gasteiger partial charge in [-0.05, 0) is 35.7 Å². The van der Waals surface area contributed by atoms with Crippen LogP contribution in [0.25, 0.3) is 0 Å². The predicted molar refractivity (Wildman–Crippen MR) is 83.0 cm³/mol. The molecule has 2 N–H and O–H groups in total. The molecule has 0 bridgehead atoms. The van der Waals surface area contributed by atoms with Crippen LogP contribution in [0.5, 0.6) is 5.75 Å². The highest BCUT2D eigenvalue weighted by molar-refractivity contribution is 7.89. The van der Waals surface area contributed by atoms with Crippen molar-refractivity contribution in [2.24, 2.45) is 5.14 Å². The number of hydrogen-bond acceptors (Lipinski definition) is 3. The smallest absolute Gasteiger partial charge is 0.241 e. The second-order valence-corrected chi connectivity index (χ2v) is 6.56. The van der Waals surface area contributed by atoms with Gasteiger partial charge in [0, 0.05) is 5.02 Å². The summed E-state index contributed by atoms with van der Waals surface area (Å²) >= 11 is 5.80. The standard InChI is InChI=1S/C15H16ClNO3S/c1-2-11-3-5-12(6-4-11)10-20-14-8-7-13(16)9-15(14)21(17,18)19/h3-9H,2,10H2,1H3,(H2,17,18,19). The number of primary sulfonamides is 1. The van der Waals surface area contributed by atoms with Crippen LogP contribution in [0.4, 0.5) is 0 Å². The molecule has 0 saturated heterocycles. The quantitative estimate of drug-likeness (QED) is 0.918. The monoisotopic (exact) mass is 325 g/mol. The van der Waals surface area contributed by atoms with Gasteiger partial charge in [0.15, 0.2) is 0 Å². The molecule has 112 valence electrons. The summed E-state index contributed by atoms with van der Waals surface area (Å²) in [6.45, 7) is 2.34. The summed E-state index contributed by atoms with van der Waals surface area (Å²) in [5, 5.41) is 5.46. The number of benzene rings is 2. The molecule has 21 heavy (non-hydrogen) atoms. The molecule has 0 heterocycles. The van der Waals surface area contributed by atoms with Crippen molar-refractivity contribution < 1.29 is 13.2 Å². The lowest BCUT2D eigenvalue weighted by Crippen LogP contribution is -2.14. The third-order valence-electron chi connectivity index (χ3n) is 3.04. The first kappa shape index (κ1) is 15.8. The van der Waals surface area contributed by atoms with Gasteiger partial charge in [-0.25, -0.2) is 13.6 Å². The van der Waals surface area contributed by atoms with Crippen molar-refractivity contribution in [3.63, 3.8) is 0 Å². The summed E-state index contributed by atoms with van der Waals surface area (Å²) < 4.78 is 28.6. The van der Waals surface area contributed by atoms with Crippen molar-refractivity contribution in [3.05, 3.63) is 58.6 Å². The number of halogens is 1. The van der Waals surface area contributed by atoms with Gasteiger partial charge >= 0.3 is 0 Å². The van der Waals surface area contributed by atoms with Gasteiger partial charge in [0.05, 0.1) is 0 Å². The lowest BCUT2D eigenvalue weighted by atomic mass is 10.1. The van der Waals surface area contributed by atoms with Crippen LogP contribution < -0.4 is 9.88 Å². The molecule has 0 unspecified atom stereocenters. The van der Waals surface area contributed by atoms with Crippen molar-refractivity contribution in [2.75, 3.05) is 0 Å². The summed E-state index contributed by atoms with van der Waals surface area (Å²) in [4.78, 5) is -0.111. The van der Waals surface area contributed by atoms with Crippen molar-refractivity contribution >= 4 is 21.6 Å². The van der Waals surface area contributed by atoms with Crippen LogP contribution in [0, 0.1) is 0 Å². The molecule has 2 rings (SSSR count). The van der Waals surface area contributed by atoms with E-state index in [2.05, 4.69) is 6.92 Å². The Bertz CT molecular complexity index is 727. The molecule has 0 aliphatic carbocycles. The first-order valence-corrected chi connectivity index (χ1v) is 8.35. The van der Waals surface area contributed by atoms with E-state index >= 15 is 0 Å². The molecule has 0 atom stereocenters. The summed E-state index contributed by atoms with van der Waals surface area (Å²) in [6.07, 6.45) is 0.966. The van der Waals surface area contributed by atoms with Gasteiger partial charge in [0.25, 0.3) is 0 Å². The van der Waals surface area contributed by atoms with Crippen LogP contribution in [0.1, 0.15) is 18.1 Å². The largest absolute Gasteiger partial charge is 0.487 e. The molecule has 2 aromatic rings. The molecule has 0 aliphatic heterocycles.